The summed E-state index contributed by atoms with van der Waals surface area (Å²) < 4.78 is 10.9. The third-order valence-corrected chi connectivity index (χ3v) is 3.87. The number of fused-ring (bicyclic) bond motifs is 1. The third kappa shape index (κ3) is 2.51. The van der Waals surface area contributed by atoms with Crippen molar-refractivity contribution in [3.63, 3.8) is 0 Å². The average Bonchev–Trinajstić information content (AvgIpc) is 2.82. The van der Waals surface area contributed by atoms with Gasteiger partial charge in [-0.1, -0.05) is 0 Å². The second-order valence-corrected chi connectivity index (χ2v) is 5.28. The van der Waals surface area contributed by atoms with E-state index < -0.39 is 0 Å². The number of nitrogens with one attached hydrogen (secondary N) is 2. The smallest absolute Gasteiger partial charge is 0.262 e. The maximum atomic E-state index is 11.3. The Morgan fingerprint density at radius 3 is 3.10 bits per heavy atom. The van der Waals surface area contributed by atoms with E-state index in [0.29, 0.717) is 23.0 Å². The van der Waals surface area contributed by atoms with Gasteiger partial charge in [0.05, 0.1) is 23.2 Å². The molecule has 6 heteroatoms. The lowest BCUT2D eigenvalue weighted by atomic mass is 10.0. The molecule has 20 heavy (non-hydrogen) atoms. The highest BCUT2D eigenvalue weighted by molar-refractivity contribution is 5.97. The van der Waals surface area contributed by atoms with Gasteiger partial charge in [0.1, 0.15) is 5.75 Å². The summed E-state index contributed by atoms with van der Waals surface area (Å²) in [6, 6.07) is 3.56. The number of hydrogen-bond acceptors (Lipinski definition) is 5. The molecular formula is C14H19N3O3. The normalized spacial score (nSPS) is 24.8. The number of nitrogen functional groups attached to an aromatic ring is 1. The SMILES string of the molecule is CC1OCCC1CNc1cc2c(cc1N)OCC(=O)N2. The quantitative estimate of drug-likeness (QED) is 0.728. The maximum absolute atomic E-state index is 11.3. The first kappa shape index (κ1) is 13.1. The van der Waals surface area contributed by atoms with Crippen LogP contribution in [-0.2, 0) is 9.53 Å². The van der Waals surface area contributed by atoms with Crippen molar-refractivity contribution in [2.24, 2.45) is 5.92 Å². The molecule has 2 heterocycles. The number of hydrogen-bond donors (Lipinski definition) is 3. The monoisotopic (exact) mass is 277 g/mol. The van der Waals surface area contributed by atoms with Crippen LogP contribution in [0.5, 0.6) is 5.75 Å². The molecule has 2 atom stereocenters. The van der Waals surface area contributed by atoms with Gasteiger partial charge in [-0.2, -0.15) is 0 Å². The number of anilines is 3. The molecule has 108 valence electrons. The van der Waals surface area contributed by atoms with Crippen LogP contribution < -0.4 is 21.1 Å². The van der Waals surface area contributed by atoms with Gasteiger partial charge in [0.2, 0.25) is 0 Å². The van der Waals surface area contributed by atoms with Crippen LogP contribution in [0.3, 0.4) is 0 Å². The molecule has 0 aromatic heterocycles. The molecule has 0 spiro atoms. The molecule has 6 nitrogen and oxygen atoms in total. The summed E-state index contributed by atoms with van der Waals surface area (Å²) in [6.07, 6.45) is 1.32. The predicted octanol–water partition coefficient (Wildman–Crippen LogP) is 1.44. The topological polar surface area (TPSA) is 85.6 Å². The number of carbonyl (C=O) groups excluding carboxylic acids is 1. The van der Waals surface area contributed by atoms with Crippen LogP contribution in [0.2, 0.25) is 0 Å². The fourth-order valence-corrected chi connectivity index (χ4v) is 2.58. The molecule has 0 aliphatic carbocycles. The summed E-state index contributed by atoms with van der Waals surface area (Å²) in [5.74, 6) is 0.951. The van der Waals surface area contributed by atoms with Crippen LogP contribution in [-0.4, -0.2) is 31.8 Å². The molecule has 4 N–H and O–H groups in total. The van der Waals surface area contributed by atoms with Gasteiger partial charge >= 0.3 is 0 Å². The molecule has 0 bridgehead atoms. The lowest BCUT2D eigenvalue weighted by Gasteiger charge is -2.21. The van der Waals surface area contributed by atoms with Crippen LogP contribution in [0.4, 0.5) is 17.1 Å². The van der Waals surface area contributed by atoms with Crippen LogP contribution in [0.15, 0.2) is 12.1 Å². The Hall–Kier alpha value is -1.95. The summed E-state index contributed by atoms with van der Waals surface area (Å²) in [5.41, 5.74) is 8.10. The minimum absolute atomic E-state index is 0.0378. The number of nitrogens with two attached hydrogens (primary N) is 1. The van der Waals surface area contributed by atoms with Gasteiger partial charge in [-0.05, 0) is 19.4 Å². The van der Waals surface area contributed by atoms with Crippen LogP contribution in [0, 0.1) is 5.92 Å². The second kappa shape index (κ2) is 5.20. The minimum Gasteiger partial charge on any atom is -0.482 e. The summed E-state index contributed by atoms with van der Waals surface area (Å²) in [7, 11) is 0. The van der Waals surface area contributed by atoms with E-state index in [0.717, 1.165) is 25.3 Å². The molecule has 1 fully saturated rings. The van der Waals surface area contributed by atoms with Crippen molar-refractivity contribution in [1.29, 1.82) is 0 Å². The first-order chi connectivity index (χ1) is 9.63. The van der Waals surface area contributed by atoms with Crippen molar-refractivity contribution in [2.45, 2.75) is 19.4 Å². The van der Waals surface area contributed by atoms with Crippen molar-refractivity contribution in [2.75, 3.05) is 36.1 Å². The highest BCUT2D eigenvalue weighted by Crippen LogP contribution is 2.35. The molecule has 1 aromatic carbocycles. The first-order valence-electron chi connectivity index (χ1n) is 6.85. The van der Waals surface area contributed by atoms with Gasteiger partial charge in [0, 0.05) is 25.1 Å². The fraction of sp³-hybridized carbons (Fsp3) is 0.500. The van der Waals surface area contributed by atoms with Crippen molar-refractivity contribution >= 4 is 23.0 Å². The Kier molecular flexibility index (Phi) is 3.40. The molecule has 0 radical (unpaired) electrons. The van der Waals surface area contributed by atoms with E-state index in [9.17, 15) is 4.79 Å². The van der Waals surface area contributed by atoms with Gasteiger partial charge in [0.15, 0.2) is 6.61 Å². The van der Waals surface area contributed by atoms with E-state index in [2.05, 4.69) is 17.6 Å². The molecule has 2 aliphatic rings. The van der Waals surface area contributed by atoms with Crippen molar-refractivity contribution in [3.05, 3.63) is 12.1 Å². The zero-order valence-corrected chi connectivity index (χ0v) is 11.4. The minimum atomic E-state index is -0.147. The Morgan fingerprint density at radius 2 is 2.35 bits per heavy atom. The van der Waals surface area contributed by atoms with E-state index in [1.165, 1.54) is 0 Å². The number of carbonyl (C=O) groups is 1. The highest BCUT2D eigenvalue weighted by atomic mass is 16.5. The summed E-state index contributed by atoms with van der Waals surface area (Å²) in [6.45, 7) is 3.75. The number of benzene rings is 1. The van der Waals surface area contributed by atoms with E-state index in [-0.39, 0.29) is 18.6 Å². The van der Waals surface area contributed by atoms with Crippen molar-refractivity contribution < 1.29 is 14.3 Å². The maximum Gasteiger partial charge on any atom is 0.262 e. The Balaban J connectivity index is 1.73. The van der Waals surface area contributed by atoms with Gasteiger partial charge in [-0.25, -0.2) is 0 Å². The Bertz CT molecular complexity index is 533. The van der Waals surface area contributed by atoms with Gasteiger partial charge in [-0.3, -0.25) is 4.79 Å². The van der Waals surface area contributed by atoms with Crippen LogP contribution in [0.1, 0.15) is 13.3 Å². The molecular weight excluding hydrogens is 258 g/mol. The first-order valence-corrected chi connectivity index (χ1v) is 6.85. The molecule has 2 unspecified atom stereocenters. The lowest BCUT2D eigenvalue weighted by molar-refractivity contribution is -0.118. The zero-order valence-electron chi connectivity index (χ0n) is 11.4. The summed E-state index contributed by atoms with van der Waals surface area (Å²) >= 11 is 0. The summed E-state index contributed by atoms with van der Waals surface area (Å²) in [4.78, 5) is 11.3. The molecule has 0 saturated carbocycles. The molecule has 1 aromatic rings. The van der Waals surface area contributed by atoms with Gasteiger partial charge in [-0.15, -0.1) is 0 Å². The summed E-state index contributed by atoms with van der Waals surface area (Å²) in [5, 5.41) is 6.12. The van der Waals surface area contributed by atoms with Gasteiger partial charge < -0.3 is 25.8 Å². The third-order valence-electron chi connectivity index (χ3n) is 3.87. The standard InChI is InChI=1S/C14H19N3O3/c1-8-9(2-3-19-8)6-16-11-5-12-13(4-10(11)15)20-7-14(18)17-12/h4-5,8-9,16H,2-3,6-7,15H2,1H3,(H,17,18). The Labute approximate surface area is 117 Å². The highest BCUT2D eigenvalue weighted by Gasteiger charge is 2.24. The molecule has 1 saturated heterocycles. The number of rotatable bonds is 3. The predicted molar refractivity (Wildman–Crippen MR) is 77.0 cm³/mol. The second-order valence-electron chi connectivity index (χ2n) is 5.28. The van der Waals surface area contributed by atoms with E-state index >= 15 is 0 Å². The van der Waals surface area contributed by atoms with Gasteiger partial charge in [0.25, 0.3) is 5.91 Å². The average molecular weight is 277 g/mol. The lowest BCUT2D eigenvalue weighted by Crippen LogP contribution is -2.26. The Morgan fingerprint density at radius 1 is 1.50 bits per heavy atom. The number of amides is 1. The van der Waals surface area contributed by atoms with Crippen LogP contribution in [0.25, 0.3) is 0 Å². The zero-order chi connectivity index (χ0) is 14.1. The largest absolute Gasteiger partial charge is 0.482 e. The van der Waals surface area contributed by atoms with Crippen LogP contribution >= 0.6 is 0 Å². The fourth-order valence-electron chi connectivity index (χ4n) is 2.58. The van der Waals surface area contributed by atoms with E-state index in [1.54, 1.807) is 6.07 Å². The van der Waals surface area contributed by atoms with E-state index in [4.69, 9.17) is 15.2 Å². The van der Waals surface area contributed by atoms with Crippen molar-refractivity contribution in [3.8, 4) is 5.75 Å². The number of ether oxygens (including phenoxy) is 2. The molecule has 3 rings (SSSR count). The molecule has 2 aliphatic heterocycles. The molecule has 1 amide bonds. The van der Waals surface area contributed by atoms with E-state index in [1.807, 2.05) is 6.07 Å². The van der Waals surface area contributed by atoms with Crippen molar-refractivity contribution in [1.82, 2.24) is 0 Å².